The van der Waals surface area contributed by atoms with Crippen LogP contribution in [0.5, 0.6) is 0 Å². The predicted molar refractivity (Wildman–Crippen MR) is 136 cm³/mol. The van der Waals surface area contributed by atoms with Crippen molar-refractivity contribution < 1.29 is 34.2 Å². The van der Waals surface area contributed by atoms with Crippen molar-refractivity contribution in [2.75, 3.05) is 18.6 Å². The summed E-state index contributed by atoms with van der Waals surface area (Å²) in [7, 11) is 0. The summed E-state index contributed by atoms with van der Waals surface area (Å²) in [5, 5.41) is 25.8. The highest BCUT2D eigenvalue weighted by atomic mass is 32.2. The maximum Gasteiger partial charge on any atom is 0.326 e. The number of thioether (sulfide) groups is 1. The molecule has 0 saturated heterocycles. The Morgan fingerprint density at radius 3 is 2.06 bits per heavy atom. The Morgan fingerprint density at radius 1 is 0.944 bits per heavy atom. The third-order valence-electron chi connectivity index (χ3n) is 5.33. The van der Waals surface area contributed by atoms with Gasteiger partial charge in [0.15, 0.2) is 5.96 Å². The second-order valence-corrected chi connectivity index (χ2v) is 9.25. The average Bonchev–Trinajstić information content (AvgIpc) is 2.80. The van der Waals surface area contributed by atoms with Crippen molar-refractivity contribution >= 4 is 47.4 Å². The molecule has 0 heterocycles. The van der Waals surface area contributed by atoms with Crippen LogP contribution in [0.4, 0.5) is 0 Å². The smallest absolute Gasteiger partial charge is 0.326 e. The Morgan fingerprint density at radius 2 is 1.56 bits per heavy atom. The lowest BCUT2D eigenvalue weighted by atomic mass is 9.97. The topological polar surface area (TPSA) is 252 Å². The van der Waals surface area contributed by atoms with Gasteiger partial charge in [-0.05, 0) is 37.2 Å². The monoisotopic (exact) mass is 533 g/mol. The van der Waals surface area contributed by atoms with Gasteiger partial charge in [-0.1, -0.05) is 20.3 Å². The van der Waals surface area contributed by atoms with E-state index in [1.165, 1.54) is 11.8 Å². The minimum absolute atomic E-state index is 0.0862. The lowest BCUT2D eigenvalue weighted by molar-refractivity contribution is -0.142. The van der Waals surface area contributed by atoms with Crippen LogP contribution in [0.15, 0.2) is 4.99 Å². The van der Waals surface area contributed by atoms with Gasteiger partial charge in [-0.2, -0.15) is 11.8 Å². The van der Waals surface area contributed by atoms with Crippen molar-refractivity contribution in [3.63, 3.8) is 0 Å². The molecule has 15 heteroatoms. The van der Waals surface area contributed by atoms with Crippen LogP contribution in [-0.2, 0) is 24.0 Å². The molecule has 3 amide bonds. The number of aliphatic carboxylic acids is 2. The maximum absolute atomic E-state index is 13.1. The van der Waals surface area contributed by atoms with E-state index >= 15 is 0 Å². The van der Waals surface area contributed by atoms with Crippen LogP contribution < -0.4 is 33.2 Å². The molecule has 14 nitrogen and oxygen atoms in total. The first kappa shape index (κ1) is 32.9. The fourth-order valence-corrected chi connectivity index (χ4v) is 3.51. The lowest BCUT2D eigenvalue weighted by Gasteiger charge is -2.28. The highest BCUT2D eigenvalue weighted by Crippen LogP contribution is 2.11. The number of nitrogens with two attached hydrogens (primary N) is 3. The zero-order valence-corrected chi connectivity index (χ0v) is 21.7. The Hall–Kier alpha value is -3.07. The first-order valence-electron chi connectivity index (χ1n) is 11.5. The van der Waals surface area contributed by atoms with Crippen molar-refractivity contribution in [2.24, 2.45) is 28.1 Å². The molecular weight excluding hydrogens is 494 g/mol. The number of guanidine groups is 1. The van der Waals surface area contributed by atoms with Crippen molar-refractivity contribution in [2.45, 2.75) is 70.1 Å². The van der Waals surface area contributed by atoms with Gasteiger partial charge in [0.2, 0.25) is 17.7 Å². The third kappa shape index (κ3) is 13.1. The van der Waals surface area contributed by atoms with Gasteiger partial charge in [-0.15, -0.1) is 0 Å². The van der Waals surface area contributed by atoms with Crippen molar-refractivity contribution in [1.29, 1.82) is 0 Å². The van der Waals surface area contributed by atoms with Gasteiger partial charge in [0, 0.05) is 6.54 Å². The summed E-state index contributed by atoms with van der Waals surface area (Å²) in [5.41, 5.74) is 16.2. The average molecular weight is 534 g/mol. The summed E-state index contributed by atoms with van der Waals surface area (Å²) in [5.74, 6) is -4.73. The van der Waals surface area contributed by atoms with Gasteiger partial charge in [0.05, 0.1) is 12.5 Å². The molecule has 0 fully saturated rings. The zero-order valence-electron chi connectivity index (χ0n) is 20.9. The van der Waals surface area contributed by atoms with Crippen LogP contribution in [0.1, 0.15) is 46.0 Å². The van der Waals surface area contributed by atoms with Gasteiger partial charge < -0.3 is 43.4 Å². The van der Waals surface area contributed by atoms with Crippen LogP contribution in [0.25, 0.3) is 0 Å². The van der Waals surface area contributed by atoms with E-state index in [1.54, 1.807) is 20.1 Å². The van der Waals surface area contributed by atoms with E-state index in [1.807, 2.05) is 0 Å². The summed E-state index contributed by atoms with van der Waals surface area (Å²) >= 11 is 1.42. The fourth-order valence-electron chi connectivity index (χ4n) is 3.04. The molecule has 0 aromatic carbocycles. The highest BCUT2D eigenvalue weighted by Gasteiger charge is 2.32. The molecule has 0 aromatic heterocycles. The highest BCUT2D eigenvalue weighted by molar-refractivity contribution is 7.98. The molecule has 206 valence electrons. The predicted octanol–water partition coefficient (Wildman–Crippen LogP) is -1.82. The first-order chi connectivity index (χ1) is 16.8. The Balaban J connectivity index is 5.66. The summed E-state index contributed by atoms with van der Waals surface area (Å²) < 4.78 is 0. The van der Waals surface area contributed by atoms with Crippen molar-refractivity contribution in [3.8, 4) is 0 Å². The molecule has 0 aliphatic rings. The van der Waals surface area contributed by atoms with Gasteiger partial charge in [0.25, 0.3) is 0 Å². The summed E-state index contributed by atoms with van der Waals surface area (Å²) in [4.78, 5) is 64.7. The molecule has 0 aliphatic heterocycles. The second kappa shape index (κ2) is 17.4. The fraction of sp³-hybridized carbons (Fsp3) is 0.714. The molecule has 0 radical (unpaired) electrons. The van der Waals surface area contributed by atoms with Crippen molar-refractivity contribution in [1.82, 2.24) is 16.0 Å². The van der Waals surface area contributed by atoms with E-state index in [0.29, 0.717) is 18.6 Å². The quantitative estimate of drug-likeness (QED) is 0.0553. The van der Waals surface area contributed by atoms with E-state index in [4.69, 9.17) is 22.3 Å². The minimum Gasteiger partial charge on any atom is -0.481 e. The minimum atomic E-state index is -1.37. The van der Waals surface area contributed by atoms with Gasteiger partial charge in [0.1, 0.15) is 18.1 Å². The summed E-state index contributed by atoms with van der Waals surface area (Å²) in [6, 6.07) is -4.77. The molecule has 0 spiro atoms. The van der Waals surface area contributed by atoms with E-state index < -0.39 is 60.2 Å². The van der Waals surface area contributed by atoms with Crippen LogP contribution >= 0.6 is 11.8 Å². The standard InChI is InChI=1S/C21H39N7O7S/c1-4-11(2)16(28-17(31)12(22)10-15(29)30)19(33)26-13(6-5-8-25-21(23)24)18(32)27-14(20(34)35)7-9-36-3/h11-14,16H,4-10,22H2,1-3H3,(H,26,33)(H,27,32)(H,28,31)(H,29,30)(H,34,35)(H4,23,24,25). The van der Waals surface area contributed by atoms with Crippen molar-refractivity contribution in [3.05, 3.63) is 0 Å². The van der Waals surface area contributed by atoms with Crippen LogP contribution in [-0.4, -0.2) is 88.6 Å². The molecule has 11 N–H and O–H groups in total. The number of hydrogen-bond acceptors (Lipinski definition) is 8. The second-order valence-electron chi connectivity index (χ2n) is 8.27. The molecule has 0 aromatic rings. The molecule has 0 rings (SSSR count). The lowest BCUT2D eigenvalue weighted by Crippen LogP contribution is -2.58. The van der Waals surface area contributed by atoms with E-state index in [2.05, 4.69) is 20.9 Å². The Labute approximate surface area is 214 Å². The third-order valence-corrected chi connectivity index (χ3v) is 5.97. The number of rotatable bonds is 18. The van der Waals surface area contributed by atoms with Gasteiger partial charge in [-0.25, -0.2) is 4.79 Å². The number of hydrogen-bond donors (Lipinski definition) is 8. The normalized spacial score (nSPS) is 14.9. The molecule has 0 saturated carbocycles. The van der Waals surface area contributed by atoms with Crippen LogP contribution in [0.3, 0.4) is 0 Å². The molecule has 36 heavy (non-hydrogen) atoms. The molecule has 5 atom stereocenters. The molecule has 0 aliphatic carbocycles. The SMILES string of the molecule is CCC(C)C(NC(=O)C(N)CC(=O)O)C(=O)NC(CCCN=C(N)N)C(=O)NC(CCSC)C(=O)O. The first-order valence-corrected chi connectivity index (χ1v) is 12.9. The van der Waals surface area contributed by atoms with E-state index in [0.717, 1.165) is 0 Å². The summed E-state index contributed by atoms with van der Waals surface area (Å²) in [6.07, 6.45) is 2.22. The molecular formula is C21H39N7O7S. The number of carboxylic acids is 2. The Bertz CT molecular complexity index is 793. The number of carbonyl (C=O) groups is 5. The zero-order chi connectivity index (χ0) is 27.8. The Kier molecular flexibility index (Phi) is 15.9. The maximum atomic E-state index is 13.1. The number of amides is 3. The number of nitrogens with zero attached hydrogens (tertiary/aromatic N) is 1. The van der Waals surface area contributed by atoms with Gasteiger partial charge >= 0.3 is 11.9 Å². The van der Waals surface area contributed by atoms with E-state index in [9.17, 15) is 29.1 Å². The largest absolute Gasteiger partial charge is 0.481 e. The van der Waals surface area contributed by atoms with Gasteiger partial charge in [-0.3, -0.25) is 24.2 Å². The number of aliphatic imine (C=N–C) groups is 1. The number of carboxylic acid groups (broad SMARTS) is 2. The summed E-state index contributed by atoms with van der Waals surface area (Å²) in [6.45, 7) is 3.66. The number of nitrogens with one attached hydrogen (secondary N) is 3. The van der Waals surface area contributed by atoms with Crippen LogP contribution in [0.2, 0.25) is 0 Å². The molecule has 5 unspecified atom stereocenters. The number of carbonyl (C=O) groups excluding carboxylic acids is 3. The molecule has 0 bridgehead atoms. The van der Waals surface area contributed by atoms with Crippen LogP contribution in [0, 0.1) is 5.92 Å². The van der Waals surface area contributed by atoms with E-state index in [-0.39, 0.29) is 31.3 Å².